The normalized spacial score (nSPS) is 19.6. The Labute approximate surface area is 172 Å². The van der Waals surface area contributed by atoms with Gasteiger partial charge in [-0.3, -0.25) is 9.36 Å². The van der Waals surface area contributed by atoms with Crippen molar-refractivity contribution in [2.75, 3.05) is 4.90 Å². The average Bonchev–Trinajstić information content (AvgIpc) is 3.09. The number of nitrogens with zero attached hydrogens (tertiary/aromatic N) is 4. The molecule has 0 saturated heterocycles. The van der Waals surface area contributed by atoms with Gasteiger partial charge < -0.3 is 4.90 Å². The van der Waals surface area contributed by atoms with Crippen molar-refractivity contribution in [3.05, 3.63) is 47.3 Å². The largest absolute Gasteiger partial charge is 0.308 e. The number of thioether (sulfide) groups is 1. The highest BCUT2D eigenvalue weighted by atomic mass is 32.2. The Morgan fingerprint density at radius 3 is 2.79 bits per heavy atom. The monoisotopic (exact) mass is 410 g/mol. The Morgan fingerprint density at radius 1 is 1.21 bits per heavy atom. The lowest BCUT2D eigenvalue weighted by molar-refractivity contribution is -0.118. The Hall–Kier alpha value is -2.12. The van der Waals surface area contributed by atoms with E-state index >= 15 is 0 Å². The van der Waals surface area contributed by atoms with Gasteiger partial charge in [0.2, 0.25) is 5.91 Å². The number of fused-ring (bicyclic) bond motifs is 1. The van der Waals surface area contributed by atoms with Gasteiger partial charge in [0.25, 0.3) is 0 Å². The first-order valence-corrected chi connectivity index (χ1v) is 11.5. The summed E-state index contributed by atoms with van der Waals surface area (Å²) >= 11 is 3.21. The maximum absolute atomic E-state index is 13.3. The summed E-state index contributed by atoms with van der Waals surface area (Å²) in [5.41, 5.74) is 2.30. The fourth-order valence-electron chi connectivity index (χ4n) is 3.90. The van der Waals surface area contributed by atoms with Crippen LogP contribution in [-0.2, 0) is 11.2 Å². The van der Waals surface area contributed by atoms with Crippen LogP contribution in [0.15, 0.2) is 46.9 Å². The van der Waals surface area contributed by atoms with Crippen LogP contribution >= 0.6 is 23.1 Å². The molecule has 1 aromatic carbocycles. The minimum absolute atomic E-state index is 0.144. The van der Waals surface area contributed by atoms with Gasteiger partial charge in [0.15, 0.2) is 11.0 Å². The number of hydrogen-bond donors (Lipinski definition) is 0. The molecule has 5 nitrogen and oxygen atoms in total. The molecule has 2 atom stereocenters. The van der Waals surface area contributed by atoms with Crippen LogP contribution in [0.2, 0.25) is 0 Å². The van der Waals surface area contributed by atoms with Crippen molar-refractivity contribution in [3.63, 3.8) is 0 Å². The van der Waals surface area contributed by atoms with Crippen LogP contribution in [0.25, 0.3) is 10.7 Å². The zero-order valence-corrected chi connectivity index (χ0v) is 17.5. The van der Waals surface area contributed by atoms with Crippen LogP contribution in [0, 0.1) is 0 Å². The van der Waals surface area contributed by atoms with Crippen molar-refractivity contribution in [2.24, 2.45) is 0 Å². The highest BCUT2D eigenvalue weighted by Gasteiger charge is 2.36. The number of rotatable bonds is 5. The van der Waals surface area contributed by atoms with Crippen LogP contribution in [0.4, 0.5) is 5.69 Å². The fourth-order valence-corrected chi connectivity index (χ4v) is 5.57. The molecular weight excluding hydrogens is 388 g/mol. The lowest BCUT2D eigenvalue weighted by atomic mass is 10.1. The minimum atomic E-state index is -0.216. The van der Waals surface area contributed by atoms with Gasteiger partial charge in [-0.2, -0.15) is 0 Å². The Morgan fingerprint density at radius 2 is 2.04 bits per heavy atom. The first kappa shape index (κ1) is 17.9. The van der Waals surface area contributed by atoms with Crippen LogP contribution in [0.1, 0.15) is 38.3 Å². The number of carbonyl (C=O) groups excluding carboxylic acids is 1. The third-order valence-corrected chi connectivity index (χ3v) is 7.30. The summed E-state index contributed by atoms with van der Waals surface area (Å²) in [5.74, 6) is 1.07. The molecule has 0 N–H and O–H groups in total. The average molecular weight is 411 g/mol. The molecule has 0 unspecified atom stereocenters. The second kappa shape index (κ2) is 7.04. The molecule has 2 aromatic heterocycles. The molecule has 0 bridgehead atoms. The number of benzene rings is 1. The van der Waals surface area contributed by atoms with Crippen molar-refractivity contribution >= 4 is 34.7 Å². The molecule has 5 rings (SSSR count). The molecular formula is C21H22N4OS2. The highest BCUT2D eigenvalue weighted by Crippen LogP contribution is 2.43. The second-order valence-corrected chi connectivity index (χ2v) is 9.79. The van der Waals surface area contributed by atoms with Crippen LogP contribution in [0.3, 0.4) is 0 Å². The molecule has 144 valence electrons. The van der Waals surface area contributed by atoms with E-state index in [0.717, 1.165) is 40.8 Å². The number of amides is 1. The highest BCUT2D eigenvalue weighted by molar-refractivity contribution is 8.00. The van der Waals surface area contributed by atoms with Crippen LogP contribution in [0.5, 0.6) is 0 Å². The SMILES string of the molecule is C[C@H](Sc1nnc(-c2cccs2)n1C1CC1)C(=O)N1c2ccccc2C[C@H]1C. The summed E-state index contributed by atoms with van der Waals surface area (Å²) in [6.07, 6.45) is 3.23. The molecule has 1 amide bonds. The Kier molecular flexibility index (Phi) is 4.51. The summed E-state index contributed by atoms with van der Waals surface area (Å²) in [6.45, 7) is 4.11. The van der Waals surface area contributed by atoms with E-state index < -0.39 is 0 Å². The number of carbonyl (C=O) groups is 1. The summed E-state index contributed by atoms with van der Waals surface area (Å²) in [4.78, 5) is 16.4. The molecule has 1 saturated carbocycles. The molecule has 1 aliphatic carbocycles. The molecule has 3 aromatic rings. The lowest BCUT2D eigenvalue weighted by Gasteiger charge is -2.25. The van der Waals surface area contributed by atoms with E-state index in [1.54, 1.807) is 11.3 Å². The van der Waals surface area contributed by atoms with Crippen LogP contribution < -0.4 is 4.90 Å². The van der Waals surface area contributed by atoms with Crippen molar-refractivity contribution in [1.82, 2.24) is 14.8 Å². The van der Waals surface area contributed by atoms with Gasteiger partial charge in [0, 0.05) is 17.8 Å². The zero-order valence-electron chi connectivity index (χ0n) is 15.9. The summed E-state index contributed by atoms with van der Waals surface area (Å²) in [6, 6.07) is 13.0. The van der Waals surface area contributed by atoms with Gasteiger partial charge in [-0.15, -0.1) is 21.5 Å². The van der Waals surface area contributed by atoms with Crippen LogP contribution in [-0.4, -0.2) is 32.0 Å². The van der Waals surface area contributed by atoms with Gasteiger partial charge in [0.05, 0.1) is 10.1 Å². The van der Waals surface area contributed by atoms with E-state index in [2.05, 4.69) is 45.3 Å². The van der Waals surface area contributed by atoms with E-state index in [9.17, 15) is 4.79 Å². The second-order valence-electron chi connectivity index (χ2n) is 7.53. The number of hydrogen-bond acceptors (Lipinski definition) is 5. The first-order valence-electron chi connectivity index (χ1n) is 9.70. The van der Waals surface area contributed by atoms with Crippen molar-refractivity contribution in [1.29, 1.82) is 0 Å². The van der Waals surface area contributed by atoms with E-state index in [0.29, 0.717) is 6.04 Å². The van der Waals surface area contributed by atoms with E-state index in [1.807, 2.05) is 30.0 Å². The van der Waals surface area contributed by atoms with E-state index in [4.69, 9.17) is 0 Å². The smallest absolute Gasteiger partial charge is 0.240 e. The summed E-state index contributed by atoms with van der Waals surface area (Å²) in [7, 11) is 0. The molecule has 3 heterocycles. The predicted octanol–water partition coefficient (Wildman–Crippen LogP) is 4.80. The van der Waals surface area contributed by atoms with Crippen molar-refractivity contribution in [3.8, 4) is 10.7 Å². The van der Waals surface area contributed by atoms with Gasteiger partial charge in [-0.05, 0) is 56.2 Å². The third-order valence-electron chi connectivity index (χ3n) is 5.39. The Bertz CT molecular complexity index is 1010. The number of anilines is 1. The van der Waals surface area contributed by atoms with E-state index in [1.165, 1.54) is 17.3 Å². The fraction of sp³-hybridized carbons (Fsp3) is 0.381. The Balaban J connectivity index is 1.40. The summed E-state index contributed by atoms with van der Waals surface area (Å²) < 4.78 is 2.24. The van der Waals surface area contributed by atoms with Gasteiger partial charge in [-0.1, -0.05) is 36.0 Å². The zero-order chi connectivity index (χ0) is 19.3. The predicted molar refractivity (Wildman–Crippen MR) is 114 cm³/mol. The van der Waals surface area contributed by atoms with Crippen molar-refractivity contribution in [2.45, 2.75) is 55.6 Å². The molecule has 1 aliphatic heterocycles. The number of thiophene rings is 1. The quantitative estimate of drug-likeness (QED) is 0.567. The lowest BCUT2D eigenvalue weighted by Crippen LogP contribution is -2.40. The third kappa shape index (κ3) is 3.06. The molecule has 2 aliphatic rings. The standard InChI is InChI=1S/C21H22N4OS2/c1-13-12-15-6-3-4-7-17(15)24(13)20(26)14(2)28-21-23-22-19(18-8-5-11-27-18)25(21)16-9-10-16/h3-8,11,13-14,16H,9-10,12H2,1-2H3/t13-,14+/m1/s1. The molecule has 7 heteroatoms. The molecule has 0 radical (unpaired) electrons. The van der Waals surface area contributed by atoms with Gasteiger partial charge in [0.1, 0.15) is 0 Å². The molecule has 28 heavy (non-hydrogen) atoms. The maximum atomic E-state index is 13.3. The van der Waals surface area contributed by atoms with Crippen molar-refractivity contribution < 1.29 is 4.79 Å². The van der Waals surface area contributed by atoms with Gasteiger partial charge in [-0.25, -0.2) is 0 Å². The maximum Gasteiger partial charge on any atom is 0.240 e. The number of aromatic nitrogens is 3. The molecule has 0 spiro atoms. The topological polar surface area (TPSA) is 51.0 Å². The van der Waals surface area contributed by atoms with Gasteiger partial charge >= 0.3 is 0 Å². The minimum Gasteiger partial charge on any atom is -0.308 e. The number of para-hydroxylation sites is 1. The van der Waals surface area contributed by atoms with E-state index in [-0.39, 0.29) is 17.2 Å². The summed E-state index contributed by atoms with van der Waals surface area (Å²) in [5, 5.41) is 11.6. The first-order chi connectivity index (χ1) is 13.6. The molecule has 1 fully saturated rings.